The number of aryl methyl sites for hydroxylation is 1. The molecule has 9 heteroatoms. The number of nitrogens with zero attached hydrogens (tertiary/aromatic N) is 1. The number of methoxy groups -OCH3 is 1. The van der Waals surface area contributed by atoms with Crippen LogP contribution in [0.15, 0.2) is 71.6 Å². The molecule has 0 bridgehead atoms. The van der Waals surface area contributed by atoms with Crippen molar-refractivity contribution in [3.8, 4) is 11.5 Å². The molecule has 1 atom stereocenters. The lowest BCUT2D eigenvalue weighted by Crippen LogP contribution is -2.42. The first-order chi connectivity index (χ1) is 17.2. The Morgan fingerprint density at radius 1 is 1.03 bits per heavy atom. The van der Waals surface area contributed by atoms with Gasteiger partial charge in [0.25, 0.3) is 10.0 Å². The molecule has 0 saturated heterocycles. The minimum atomic E-state index is -4.14. The lowest BCUT2D eigenvalue weighted by atomic mass is 10.0. The quantitative estimate of drug-likeness (QED) is 0.389. The average molecular weight is 515 g/mol. The fourth-order valence-electron chi connectivity index (χ4n) is 3.83. The first-order valence-electron chi connectivity index (χ1n) is 11.6. The molecule has 0 fully saturated rings. The largest absolute Gasteiger partial charge is 0.496 e. The van der Waals surface area contributed by atoms with Gasteiger partial charge in [-0.1, -0.05) is 19.1 Å². The number of sulfonamides is 1. The van der Waals surface area contributed by atoms with Gasteiger partial charge in [0.2, 0.25) is 5.91 Å². The number of benzene rings is 3. The van der Waals surface area contributed by atoms with Crippen molar-refractivity contribution in [1.29, 1.82) is 0 Å². The molecule has 36 heavy (non-hydrogen) atoms. The van der Waals surface area contributed by atoms with E-state index in [2.05, 4.69) is 5.32 Å². The molecule has 192 valence electrons. The third-order valence-electron chi connectivity index (χ3n) is 5.69. The number of hydrogen-bond acceptors (Lipinski definition) is 5. The van der Waals surface area contributed by atoms with Crippen molar-refractivity contribution in [2.45, 2.75) is 38.1 Å². The Morgan fingerprint density at radius 3 is 2.25 bits per heavy atom. The molecule has 7 nitrogen and oxygen atoms in total. The van der Waals surface area contributed by atoms with Crippen LogP contribution in [0.4, 0.5) is 10.1 Å². The van der Waals surface area contributed by atoms with Crippen LogP contribution in [-0.4, -0.2) is 34.6 Å². The molecule has 1 amide bonds. The van der Waals surface area contributed by atoms with Gasteiger partial charge in [-0.15, -0.1) is 0 Å². The average Bonchev–Trinajstić information content (AvgIpc) is 2.87. The highest BCUT2D eigenvalue weighted by molar-refractivity contribution is 7.92. The number of rotatable bonds is 11. The van der Waals surface area contributed by atoms with Gasteiger partial charge in [0.15, 0.2) is 0 Å². The summed E-state index contributed by atoms with van der Waals surface area (Å²) in [6.45, 7) is 5.64. The number of ether oxygens (including phenoxy) is 2. The highest BCUT2D eigenvalue weighted by Crippen LogP contribution is 2.27. The van der Waals surface area contributed by atoms with E-state index in [-0.39, 0.29) is 16.6 Å². The molecule has 3 aromatic rings. The standard InChI is InChI=1S/C27H31FN2O5S/c1-5-25(20-7-16-26(34-4)19(3)17-20)29-27(31)18-30(22-10-8-21(28)9-11-22)36(32,33)24-14-12-23(13-15-24)35-6-2/h7-17,25H,5-6,18H2,1-4H3,(H,29,31)/t25-/m1/s1. The van der Waals surface area contributed by atoms with E-state index in [1.807, 2.05) is 39.0 Å². The van der Waals surface area contributed by atoms with E-state index in [1.54, 1.807) is 19.2 Å². The van der Waals surface area contributed by atoms with E-state index in [1.165, 1.54) is 24.3 Å². The van der Waals surface area contributed by atoms with E-state index in [0.29, 0.717) is 18.8 Å². The smallest absolute Gasteiger partial charge is 0.264 e. The molecule has 0 aliphatic carbocycles. The van der Waals surface area contributed by atoms with Crippen LogP contribution in [0, 0.1) is 12.7 Å². The van der Waals surface area contributed by atoms with Gasteiger partial charge in [0, 0.05) is 0 Å². The number of anilines is 1. The van der Waals surface area contributed by atoms with Crippen LogP contribution in [0.2, 0.25) is 0 Å². The third-order valence-corrected chi connectivity index (χ3v) is 7.48. The lowest BCUT2D eigenvalue weighted by Gasteiger charge is -2.26. The fraction of sp³-hybridized carbons (Fsp3) is 0.296. The minimum absolute atomic E-state index is 0.0131. The monoisotopic (exact) mass is 514 g/mol. The third kappa shape index (κ3) is 6.34. The Morgan fingerprint density at radius 2 is 1.69 bits per heavy atom. The maximum absolute atomic E-state index is 13.6. The second kappa shape index (κ2) is 11.9. The van der Waals surface area contributed by atoms with Gasteiger partial charge < -0.3 is 14.8 Å². The Bertz CT molecular complexity index is 1280. The van der Waals surface area contributed by atoms with Gasteiger partial charge in [-0.05, 0) is 86.0 Å². The zero-order chi connectivity index (χ0) is 26.3. The lowest BCUT2D eigenvalue weighted by molar-refractivity contribution is -0.120. The minimum Gasteiger partial charge on any atom is -0.496 e. The van der Waals surface area contributed by atoms with Crippen molar-refractivity contribution >= 4 is 21.6 Å². The van der Waals surface area contributed by atoms with Gasteiger partial charge in [0.1, 0.15) is 23.9 Å². The number of nitrogens with one attached hydrogen (secondary N) is 1. The normalized spacial score (nSPS) is 12.0. The molecule has 0 aromatic heterocycles. The topological polar surface area (TPSA) is 84.9 Å². The Kier molecular flexibility index (Phi) is 8.93. The van der Waals surface area contributed by atoms with Crippen LogP contribution in [0.1, 0.15) is 37.4 Å². The van der Waals surface area contributed by atoms with Crippen LogP contribution in [-0.2, 0) is 14.8 Å². The highest BCUT2D eigenvalue weighted by atomic mass is 32.2. The van der Waals surface area contributed by atoms with Crippen LogP contribution in [0.3, 0.4) is 0 Å². The highest BCUT2D eigenvalue weighted by Gasteiger charge is 2.28. The zero-order valence-electron chi connectivity index (χ0n) is 20.8. The second-order valence-corrected chi connectivity index (χ2v) is 10.0. The van der Waals surface area contributed by atoms with E-state index >= 15 is 0 Å². The van der Waals surface area contributed by atoms with Gasteiger partial charge in [-0.3, -0.25) is 9.10 Å². The number of carbonyl (C=O) groups is 1. The molecule has 0 aliphatic rings. The summed E-state index contributed by atoms with van der Waals surface area (Å²) in [5.41, 5.74) is 1.98. The van der Waals surface area contributed by atoms with Crippen molar-refractivity contribution in [2.24, 2.45) is 0 Å². The van der Waals surface area contributed by atoms with E-state index in [4.69, 9.17) is 9.47 Å². The zero-order valence-corrected chi connectivity index (χ0v) is 21.6. The second-order valence-electron chi connectivity index (χ2n) is 8.15. The van der Waals surface area contributed by atoms with Crippen molar-refractivity contribution in [3.05, 3.63) is 83.7 Å². The summed E-state index contributed by atoms with van der Waals surface area (Å²) in [5.74, 6) is 0.267. The molecular formula is C27H31FN2O5S. The molecule has 3 aromatic carbocycles. The fourth-order valence-corrected chi connectivity index (χ4v) is 5.25. The number of amides is 1. The summed E-state index contributed by atoms with van der Waals surface area (Å²) >= 11 is 0. The van der Waals surface area contributed by atoms with Gasteiger partial charge in [-0.2, -0.15) is 0 Å². The van der Waals surface area contributed by atoms with Crippen molar-refractivity contribution in [1.82, 2.24) is 5.32 Å². The number of hydrogen-bond donors (Lipinski definition) is 1. The molecule has 3 rings (SSSR count). The first-order valence-corrected chi connectivity index (χ1v) is 13.1. The predicted octanol–water partition coefficient (Wildman–Crippen LogP) is 5.00. The molecule has 1 N–H and O–H groups in total. The van der Waals surface area contributed by atoms with Gasteiger partial charge >= 0.3 is 0 Å². The van der Waals surface area contributed by atoms with E-state index < -0.39 is 28.3 Å². The summed E-state index contributed by atoms with van der Waals surface area (Å²) in [6.07, 6.45) is 0.597. The Balaban J connectivity index is 1.89. The van der Waals surface area contributed by atoms with Crippen molar-refractivity contribution in [3.63, 3.8) is 0 Å². The van der Waals surface area contributed by atoms with Crippen LogP contribution in [0.25, 0.3) is 0 Å². The first kappa shape index (κ1) is 27.0. The maximum atomic E-state index is 13.6. The van der Waals surface area contributed by atoms with Crippen LogP contribution >= 0.6 is 0 Å². The molecular weight excluding hydrogens is 483 g/mol. The molecule has 0 spiro atoms. The molecule has 0 heterocycles. The number of carbonyl (C=O) groups excluding carboxylic acids is 1. The molecule has 0 aliphatic heterocycles. The summed E-state index contributed by atoms with van der Waals surface area (Å²) in [4.78, 5) is 13.1. The molecule has 0 unspecified atom stereocenters. The molecule has 0 radical (unpaired) electrons. The SMILES string of the molecule is CCOc1ccc(S(=O)(=O)N(CC(=O)N[C@H](CC)c2ccc(OC)c(C)c2)c2ccc(F)cc2)cc1. The Hall–Kier alpha value is -3.59. The van der Waals surface area contributed by atoms with Gasteiger partial charge in [0.05, 0.1) is 30.3 Å². The van der Waals surface area contributed by atoms with Crippen LogP contribution in [0.5, 0.6) is 11.5 Å². The van der Waals surface area contributed by atoms with E-state index in [9.17, 15) is 17.6 Å². The summed E-state index contributed by atoms with van der Waals surface area (Å²) in [7, 11) is -2.55. The molecule has 0 saturated carbocycles. The summed E-state index contributed by atoms with van der Waals surface area (Å²) in [6, 6.07) is 16.2. The predicted molar refractivity (Wildman–Crippen MR) is 137 cm³/mol. The number of halogens is 1. The van der Waals surface area contributed by atoms with Crippen LogP contribution < -0.4 is 19.1 Å². The summed E-state index contributed by atoms with van der Waals surface area (Å²) in [5, 5.41) is 2.93. The van der Waals surface area contributed by atoms with Crippen molar-refractivity contribution in [2.75, 3.05) is 24.6 Å². The van der Waals surface area contributed by atoms with E-state index in [0.717, 1.165) is 33.3 Å². The summed E-state index contributed by atoms with van der Waals surface area (Å²) < 4.78 is 52.4. The Labute approximate surface area is 211 Å². The van der Waals surface area contributed by atoms with Gasteiger partial charge in [-0.25, -0.2) is 12.8 Å². The van der Waals surface area contributed by atoms with Crippen molar-refractivity contribution < 1.29 is 27.1 Å². The maximum Gasteiger partial charge on any atom is 0.264 e.